The Morgan fingerprint density at radius 2 is 2.09 bits per heavy atom. The third-order valence-electron chi connectivity index (χ3n) is 1.87. The highest BCUT2D eigenvalue weighted by Crippen LogP contribution is 2.12. The number of halogens is 1. The van der Waals surface area contributed by atoms with E-state index in [-0.39, 0.29) is 0 Å². The smallest absolute Gasteiger partial charge is 0.0333 e. The lowest BCUT2D eigenvalue weighted by Crippen LogP contribution is -1.94. The molecule has 1 atom stereocenters. The van der Waals surface area contributed by atoms with E-state index in [9.17, 15) is 0 Å². The molecule has 11 heavy (non-hydrogen) atoms. The van der Waals surface area contributed by atoms with Crippen LogP contribution in [0.2, 0.25) is 0 Å². The molecular formula is C10H19Cl. The highest BCUT2D eigenvalue weighted by molar-refractivity contribution is 6.20. The van der Waals surface area contributed by atoms with Crippen LogP contribution in [0.4, 0.5) is 0 Å². The summed E-state index contributed by atoms with van der Waals surface area (Å²) in [6.07, 6.45) is 9.26. The summed E-state index contributed by atoms with van der Waals surface area (Å²) < 4.78 is 0. The van der Waals surface area contributed by atoms with Crippen LogP contribution in [0.3, 0.4) is 0 Å². The second-order valence-electron chi connectivity index (χ2n) is 2.93. The van der Waals surface area contributed by atoms with Crippen molar-refractivity contribution in [3.05, 3.63) is 12.7 Å². The minimum Gasteiger partial charge on any atom is -0.123 e. The molecule has 0 saturated carbocycles. The Morgan fingerprint density at radius 1 is 1.36 bits per heavy atom. The molecule has 0 amide bonds. The molecule has 0 aromatic rings. The number of hydrogen-bond acceptors (Lipinski definition) is 0. The second kappa shape index (κ2) is 8.13. The molecule has 0 spiro atoms. The highest BCUT2D eigenvalue weighted by Gasteiger charge is 1.99. The molecule has 0 aromatic carbocycles. The molecule has 0 aliphatic heterocycles. The average molecular weight is 175 g/mol. The van der Waals surface area contributed by atoms with Gasteiger partial charge in [0.2, 0.25) is 0 Å². The molecule has 66 valence electrons. The fraction of sp³-hybridized carbons (Fsp3) is 0.800. The first-order valence-electron chi connectivity index (χ1n) is 4.56. The number of unbranched alkanes of at least 4 members (excludes halogenated alkanes) is 3. The first-order chi connectivity index (χ1) is 5.31. The van der Waals surface area contributed by atoms with Gasteiger partial charge in [-0.2, -0.15) is 0 Å². The molecule has 0 aliphatic carbocycles. The number of alkyl halides is 1. The van der Waals surface area contributed by atoms with Crippen LogP contribution < -0.4 is 0 Å². The van der Waals surface area contributed by atoms with Crippen LogP contribution in [-0.2, 0) is 0 Å². The maximum Gasteiger partial charge on any atom is 0.0333 e. The number of hydrogen-bond donors (Lipinski definition) is 0. The normalized spacial score (nSPS) is 12.9. The predicted octanol–water partition coefficient (Wildman–Crippen LogP) is 4.14. The fourth-order valence-corrected chi connectivity index (χ4v) is 1.19. The van der Waals surface area contributed by atoms with Crippen LogP contribution in [0.5, 0.6) is 0 Å². The van der Waals surface area contributed by atoms with Crippen LogP contribution in [0.15, 0.2) is 12.7 Å². The molecule has 0 rings (SSSR count). The van der Waals surface area contributed by atoms with Gasteiger partial charge < -0.3 is 0 Å². The van der Waals surface area contributed by atoms with Gasteiger partial charge in [-0.1, -0.05) is 25.8 Å². The van der Waals surface area contributed by atoms with Crippen molar-refractivity contribution >= 4 is 11.6 Å². The quantitative estimate of drug-likeness (QED) is 0.309. The summed E-state index contributed by atoms with van der Waals surface area (Å²) in [5, 5.41) is 0.402. The summed E-state index contributed by atoms with van der Waals surface area (Å²) in [6.45, 7) is 5.82. The summed E-state index contributed by atoms with van der Waals surface area (Å²) in [4.78, 5) is 0. The van der Waals surface area contributed by atoms with Gasteiger partial charge in [-0.25, -0.2) is 0 Å². The molecule has 1 unspecified atom stereocenters. The molecule has 0 radical (unpaired) electrons. The maximum atomic E-state index is 5.96. The van der Waals surface area contributed by atoms with Crippen molar-refractivity contribution in [3.63, 3.8) is 0 Å². The molecule has 0 aromatic heterocycles. The summed E-state index contributed by atoms with van der Waals surface area (Å²) in [7, 11) is 0. The van der Waals surface area contributed by atoms with E-state index in [4.69, 9.17) is 11.6 Å². The van der Waals surface area contributed by atoms with Crippen LogP contribution in [0.1, 0.15) is 45.4 Å². The van der Waals surface area contributed by atoms with Crippen LogP contribution in [0.25, 0.3) is 0 Å². The maximum absolute atomic E-state index is 5.96. The fourth-order valence-electron chi connectivity index (χ4n) is 1.04. The van der Waals surface area contributed by atoms with Gasteiger partial charge in [-0.3, -0.25) is 0 Å². The van der Waals surface area contributed by atoms with Crippen LogP contribution >= 0.6 is 11.6 Å². The molecule has 0 saturated heterocycles. The molecule has 0 aliphatic rings. The minimum atomic E-state index is 0.402. The van der Waals surface area contributed by atoms with E-state index in [1.54, 1.807) is 0 Å². The van der Waals surface area contributed by atoms with E-state index in [2.05, 4.69) is 13.5 Å². The molecule has 0 heterocycles. The third kappa shape index (κ3) is 7.93. The molecule has 0 fully saturated rings. The summed E-state index contributed by atoms with van der Waals surface area (Å²) in [6, 6.07) is 0. The van der Waals surface area contributed by atoms with Gasteiger partial charge in [0.1, 0.15) is 0 Å². The van der Waals surface area contributed by atoms with Gasteiger partial charge in [0.05, 0.1) is 0 Å². The van der Waals surface area contributed by atoms with Crippen molar-refractivity contribution < 1.29 is 0 Å². The Bertz CT molecular complexity index is 88.9. The van der Waals surface area contributed by atoms with Crippen molar-refractivity contribution in [2.24, 2.45) is 0 Å². The van der Waals surface area contributed by atoms with Crippen LogP contribution in [0, 0.1) is 0 Å². The average Bonchev–Trinajstić information content (AvgIpc) is 2.04. The highest BCUT2D eigenvalue weighted by atomic mass is 35.5. The molecule has 1 heteroatoms. The molecular weight excluding hydrogens is 156 g/mol. The molecule has 0 nitrogen and oxygen atoms in total. The van der Waals surface area contributed by atoms with Crippen molar-refractivity contribution in [2.45, 2.75) is 50.8 Å². The predicted molar refractivity (Wildman–Crippen MR) is 53.2 cm³/mol. The molecule has 0 N–H and O–H groups in total. The first kappa shape index (κ1) is 11.0. The van der Waals surface area contributed by atoms with Gasteiger partial charge >= 0.3 is 0 Å². The van der Waals surface area contributed by atoms with Gasteiger partial charge in [-0.15, -0.1) is 18.2 Å². The lowest BCUT2D eigenvalue weighted by Gasteiger charge is -2.04. The van der Waals surface area contributed by atoms with Gasteiger partial charge in [0.25, 0.3) is 0 Å². The monoisotopic (exact) mass is 174 g/mol. The third-order valence-corrected chi connectivity index (χ3v) is 2.40. The van der Waals surface area contributed by atoms with Gasteiger partial charge in [0.15, 0.2) is 0 Å². The lowest BCUT2D eigenvalue weighted by molar-refractivity contribution is 0.617. The zero-order valence-corrected chi connectivity index (χ0v) is 8.24. The van der Waals surface area contributed by atoms with E-state index in [0.717, 1.165) is 12.8 Å². The zero-order valence-electron chi connectivity index (χ0n) is 7.48. The first-order valence-corrected chi connectivity index (χ1v) is 4.99. The largest absolute Gasteiger partial charge is 0.123 e. The van der Waals surface area contributed by atoms with Crippen LogP contribution in [-0.4, -0.2) is 5.38 Å². The zero-order chi connectivity index (χ0) is 8.53. The Morgan fingerprint density at radius 3 is 2.64 bits per heavy atom. The Labute approximate surface area is 75.6 Å². The van der Waals surface area contributed by atoms with Crippen molar-refractivity contribution in [1.82, 2.24) is 0 Å². The summed E-state index contributed by atoms with van der Waals surface area (Å²) in [5.74, 6) is 0. The van der Waals surface area contributed by atoms with Crippen molar-refractivity contribution in [3.8, 4) is 0 Å². The lowest BCUT2D eigenvalue weighted by atomic mass is 10.1. The van der Waals surface area contributed by atoms with Crippen molar-refractivity contribution in [1.29, 1.82) is 0 Å². The summed E-state index contributed by atoms with van der Waals surface area (Å²) >= 11 is 5.96. The number of rotatable bonds is 7. The summed E-state index contributed by atoms with van der Waals surface area (Å²) in [5.41, 5.74) is 0. The molecule has 0 bridgehead atoms. The Balaban J connectivity index is 2.95. The van der Waals surface area contributed by atoms with E-state index < -0.39 is 0 Å². The van der Waals surface area contributed by atoms with E-state index in [1.807, 2.05) is 6.08 Å². The number of allylic oxidation sites excluding steroid dienone is 1. The standard InChI is InChI=1S/C10H19Cl/c1-3-5-6-7-8-9-10(11)4-2/h3,10H,1,4-9H2,2H3. The topological polar surface area (TPSA) is 0 Å². The SMILES string of the molecule is C=CCCCCCC(Cl)CC. The van der Waals surface area contributed by atoms with Gasteiger partial charge in [0, 0.05) is 5.38 Å². The second-order valence-corrected chi connectivity index (χ2v) is 3.55. The minimum absolute atomic E-state index is 0.402. The van der Waals surface area contributed by atoms with E-state index >= 15 is 0 Å². The Kier molecular flexibility index (Phi) is 8.15. The van der Waals surface area contributed by atoms with E-state index in [0.29, 0.717) is 5.38 Å². The Hall–Kier alpha value is 0.0300. The van der Waals surface area contributed by atoms with Gasteiger partial charge in [-0.05, 0) is 25.7 Å². The van der Waals surface area contributed by atoms with Crippen molar-refractivity contribution in [2.75, 3.05) is 0 Å². The van der Waals surface area contributed by atoms with E-state index in [1.165, 1.54) is 25.7 Å².